The van der Waals surface area contributed by atoms with Crippen molar-refractivity contribution in [3.05, 3.63) is 65.5 Å². The van der Waals surface area contributed by atoms with Gasteiger partial charge in [-0.3, -0.25) is 19.2 Å². The summed E-state index contributed by atoms with van der Waals surface area (Å²) in [6.07, 6.45) is 3.24. The van der Waals surface area contributed by atoms with Crippen molar-refractivity contribution in [1.29, 1.82) is 0 Å². The molecule has 41 heavy (non-hydrogen) atoms. The summed E-state index contributed by atoms with van der Waals surface area (Å²) < 4.78 is 24.5. The Hall–Kier alpha value is -3.41. The molecule has 4 atom stereocenters. The van der Waals surface area contributed by atoms with Crippen LogP contribution in [0.25, 0.3) is 0 Å². The summed E-state index contributed by atoms with van der Waals surface area (Å²) in [4.78, 5) is 30.6. The molecule has 3 aliphatic heterocycles. The first kappa shape index (κ1) is 27.7. The van der Waals surface area contributed by atoms with E-state index in [1.165, 1.54) is 0 Å². The van der Waals surface area contributed by atoms with Crippen LogP contribution in [0.1, 0.15) is 36.6 Å². The standard InChI is InChI=1S/C30H36FN5O4Si/c1-19-28(41(3,4)31)26(13-15-35-18-21(14-16-37)32-33-35)40-30(19)23-17-22(10-11-25(23)34(2)29(30)39)36-24-8-6-5-7-20(24)9-12-27(36)38/h5-8,10-11,17-19,26,28,37H,9,12-16H2,1-4H3/t19-,26+,28-,30+/m0/s1. The lowest BCUT2D eigenvalue weighted by Gasteiger charge is -2.32. The Morgan fingerprint density at radius 1 is 1.15 bits per heavy atom. The number of amides is 2. The summed E-state index contributed by atoms with van der Waals surface area (Å²) in [7, 11) is -1.58. The number of ether oxygens (including phenoxy) is 1. The highest BCUT2D eigenvalue weighted by molar-refractivity contribution is 6.72. The maximum atomic E-state index is 16.1. The summed E-state index contributed by atoms with van der Waals surface area (Å²) >= 11 is 0. The number of carbonyl (C=O) groups is 2. The van der Waals surface area contributed by atoms with Gasteiger partial charge in [-0.1, -0.05) is 30.3 Å². The highest BCUT2D eigenvalue weighted by Crippen LogP contribution is 2.60. The van der Waals surface area contributed by atoms with Gasteiger partial charge in [0, 0.05) is 61.9 Å². The fourth-order valence-corrected chi connectivity index (χ4v) is 9.74. The molecule has 6 rings (SSSR count). The molecule has 3 aliphatic rings. The number of para-hydroxylation sites is 1. The van der Waals surface area contributed by atoms with E-state index < -0.39 is 31.6 Å². The Kier molecular flexibility index (Phi) is 6.86. The number of fused-ring (bicyclic) bond motifs is 3. The molecule has 0 unspecified atom stereocenters. The molecule has 3 aromatic rings. The minimum absolute atomic E-state index is 0.00258. The van der Waals surface area contributed by atoms with Gasteiger partial charge >= 0.3 is 0 Å². The van der Waals surface area contributed by atoms with Crippen LogP contribution in [0, 0.1) is 5.92 Å². The van der Waals surface area contributed by atoms with Crippen LogP contribution < -0.4 is 9.80 Å². The number of hydrogen-bond acceptors (Lipinski definition) is 6. The normalized spacial score (nSPS) is 25.8. The number of benzene rings is 2. The topological polar surface area (TPSA) is 101 Å². The highest BCUT2D eigenvalue weighted by Gasteiger charge is 2.66. The van der Waals surface area contributed by atoms with Crippen molar-refractivity contribution >= 4 is 37.3 Å². The lowest BCUT2D eigenvalue weighted by atomic mass is 9.82. The van der Waals surface area contributed by atoms with E-state index in [-0.39, 0.29) is 18.4 Å². The highest BCUT2D eigenvalue weighted by atomic mass is 28.4. The van der Waals surface area contributed by atoms with Crippen LogP contribution in [0.4, 0.5) is 21.2 Å². The van der Waals surface area contributed by atoms with Gasteiger partial charge in [0.05, 0.1) is 23.2 Å². The van der Waals surface area contributed by atoms with Crippen LogP contribution in [-0.2, 0) is 39.3 Å². The van der Waals surface area contributed by atoms with Crippen molar-refractivity contribution in [3.63, 3.8) is 0 Å². The van der Waals surface area contributed by atoms with E-state index in [9.17, 15) is 14.7 Å². The van der Waals surface area contributed by atoms with Crippen LogP contribution >= 0.6 is 0 Å². The number of nitrogens with zero attached hydrogens (tertiary/aromatic N) is 5. The molecule has 11 heteroatoms. The second-order valence-electron chi connectivity index (χ2n) is 11.9. The molecule has 0 radical (unpaired) electrons. The number of likely N-dealkylation sites (N-methyl/N-ethyl adjacent to an activating group) is 1. The largest absolute Gasteiger partial charge is 0.396 e. The third kappa shape index (κ3) is 4.41. The Balaban J connectivity index is 1.39. The lowest BCUT2D eigenvalue weighted by molar-refractivity contribution is -0.145. The zero-order valence-corrected chi connectivity index (χ0v) is 24.9. The maximum absolute atomic E-state index is 16.1. The van der Waals surface area contributed by atoms with Gasteiger partial charge in [0.25, 0.3) is 5.91 Å². The van der Waals surface area contributed by atoms with Crippen molar-refractivity contribution in [2.45, 2.75) is 69.5 Å². The summed E-state index contributed by atoms with van der Waals surface area (Å²) in [5.41, 5.74) is 2.91. The van der Waals surface area contributed by atoms with E-state index in [0.717, 1.165) is 11.3 Å². The van der Waals surface area contributed by atoms with Crippen LogP contribution in [0.2, 0.25) is 18.6 Å². The van der Waals surface area contributed by atoms with Gasteiger partial charge in [-0.15, -0.1) is 5.10 Å². The average Bonchev–Trinajstić information content (AvgIpc) is 3.58. The monoisotopic (exact) mass is 577 g/mol. The zero-order valence-electron chi connectivity index (χ0n) is 23.9. The third-order valence-electron chi connectivity index (χ3n) is 9.02. The minimum Gasteiger partial charge on any atom is -0.396 e. The zero-order chi connectivity index (χ0) is 29.1. The predicted molar refractivity (Wildman–Crippen MR) is 155 cm³/mol. The summed E-state index contributed by atoms with van der Waals surface area (Å²) in [5.74, 6) is -0.632. The Bertz CT molecular complexity index is 1510. The molecule has 0 bridgehead atoms. The number of hydrogen-bond donors (Lipinski definition) is 1. The molecule has 0 aliphatic carbocycles. The number of rotatable bonds is 7. The van der Waals surface area contributed by atoms with Gasteiger partial charge in [-0.05, 0) is 55.8 Å². The van der Waals surface area contributed by atoms with Crippen LogP contribution in [-0.4, -0.2) is 60.1 Å². The molecule has 1 aromatic heterocycles. The SMILES string of the molecule is C[C@H]1[C@H]([Si](C)(C)F)[C@@H](CCn2cc(CCO)nn2)O[C@]12C(=O)N(C)c1ccc(N3C(=O)CCc4ccccc43)cc12. The third-order valence-corrected chi connectivity index (χ3v) is 11.5. The number of aliphatic hydroxyl groups is 1. The Morgan fingerprint density at radius 2 is 1.93 bits per heavy atom. The second kappa shape index (κ2) is 10.1. The van der Waals surface area contributed by atoms with Crippen molar-refractivity contribution in [2.75, 3.05) is 23.5 Å². The number of aryl methyl sites for hydroxylation is 2. The molecule has 1 saturated heterocycles. The molecule has 0 saturated carbocycles. The van der Waals surface area contributed by atoms with Crippen LogP contribution in [0.5, 0.6) is 0 Å². The van der Waals surface area contributed by atoms with Crippen molar-refractivity contribution in [3.8, 4) is 0 Å². The quantitative estimate of drug-likeness (QED) is 0.333. The maximum Gasteiger partial charge on any atom is 0.264 e. The van der Waals surface area contributed by atoms with E-state index in [0.29, 0.717) is 54.9 Å². The van der Waals surface area contributed by atoms with Gasteiger partial charge in [-0.2, -0.15) is 0 Å². The van der Waals surface area contributed by atoms with Crippen molar-refractivity contribution in [2.24, 2.45) is 5.92 Å². The van der Waals surface area contributed by atoms with E-state index >= 15 is 4.11 Å². The fourth-order valence-electron chi connectivity index (χ4n) is 7.20. The molecule has 1 N–H and O–H groups in total. The first-order chi connectivity index (χ1) is 19.6. The predicted octanol–water partition coefficient (Wildman–Crippen LogP) is 4.27. The van der Waals surface area contributed by atoms with E-state index in [1.54, 1.807) is 40.8 Å². The molecule has 2 amide bonds. The fraction of sp³-hybridized carbons (Fsp3) is 0.467. The van der Waals surface area contributed by atoms with E-state index in [2.05, 4.69) is 10.3 Å². The first-order valence-electron chi connectivity index (χ1n) is 14.3. The van der Waals surface area contributed by atoms with Gasteiger partial charge in [0.2, 0.25) is 14.3 Å². The van der Waals surface area contributed by atoms with Gasteiger partial charge in [0.15, 0.2) is 5.60 Å². The molecule has 1 fully saturated rings. The molecular formula is C30H36FN5O4Si. The molecule has 216 valence electrons. The van der Waals surface area contributed by atoms with E-state index in [4.69, 9.17) is 4.74 Å². The van der Waals surface area contributed by atoms with Crippen LogP contribution in [0.3, 0.4) is 0 Å². The van der Waals surface area contributed by atoms with Crippen LogP contribution in [0.15, 0.2) is 48.7 Å². The summed E-state index contributed by atoms with van der Waals surface area (Å²) in [5, 5.41) is 17.4. The van der Waals surface area contributed by atoms with Gasteiger partial charge < -0.3 is 18.9 Å². The molecule has 9 nitrogen and oxygen atoms in total. The van der Waals surface area contributed by atoms with Crippen molar-refractivity contribution in [1.82, 2.24) is 15.0 Å². The number of halogens is 1. The Morgan fingerprint density at radius 3 is 2.68 bits per heavy atom. The van der Waals surface area contributed by atoms with Gasteiger partial charge in [-0.25, -0.2) is 0 Å². The Labute approximate surface area is 240 Å². The number of anilines is 3. The second-order valence-corrected chi connectivity index (χ2v) is 15.7. The number of aliphatic hydroxyl groups excluding tert-OH is 1. The summed E-state index contributed by atoms with van der Waals surface area (Å²) in [6.45, 7) is 5.73. The first-order valence-corrected chi connectivity index (χ1v) is 17.2. The lowest BCUT2D eigenvalue weighted by Crippen LogP contribution is -2.44. The number of aromatic nitrogens is 3. The summed E-state index contributed by atoms with van der Waals surface area (Å²) in [6, 6.07) is 13.5. The molecule has 1 spiro atoms. The molecule has 4 heterocycles. The van der Waals surface area contributed by atoms with E-state index in [1.807, 2.05) is 49.4 Å². The smallest absolute Gasteiger partial charge is 0.264 e. The minimum atomic E-state index is -3.31. The van der Waals surface area contributed by atoms with Gasteiger partial charge in [0.1, 0.15) is 0 Å². The molecular weight excluding hydrogens is 541 g/mol. The number of carbonyl (C=O) groups excluding carboxylic acids is 2. The van der Waals surface area contributed by atoms with Crippen molar-refractivity contribution < 1.29 is 23.5 Å². The average molecular weight is 578 g/mol. The molecule has 2 aromatic carbocycles.